The fraction of sp³-hybridized carbons (Fsp3) is 0.250. The Bertz CT molecular complexity index is 833. The summed E-state index contributed by atoms with van der Waals surface area (Å²) in [5.41, 5.74) is 6.97. The number of amides is 1. The van der Waals surface area contributed by atoms with Gasteiger partial charge in [-0.3, -0.25) is 9.78 Å². The summed E-state index contributed by atoms with van der Waals surface area (Å²) in [6, 6.07) is 8.80. The third kappa shape index (κ3) is 3.42. The number of hydrogen-bond donors (Lipinski definition) is 3. The molecule has 0 aromatic carbocycles. The van der Waals surface area contributed by atoms with Gasteiger partial charge in [-0.25, -0.2) is 10.9 Å². The minimum absolute atomic E-state index is 0.00678. The second-order valence-electron chi connectivity index (χ2n) is 5.60. The molecule has 0 spiro atoms. The van der Waals surface area contributed by atoms with Crippen molar-refractivity contribution in [2.45, 2.75) is 25.0 Å². The molecule has 4 rings (SSSR count). The molecule has 1 saturated heterocycles. The Kier molecular flexibility index (Phi) is 4.23. The first-order chi connectivity index (χ1) is 12.3. The van der Waals surface area contributed by atoms with Gasteiger partial charge in [0.25, 0.3) is 5.89 Å². The van der Waals surface area contributed by atoms with Crippen molar-refractivity contribution in [1.82, 2.24) is 31.3 Å². The Hall–Kier alpha value is -3.04. The normalized spacial score (nSPS) is 19.8. The van der Waals surface area contributed by atoms with Crippen LogP contribution in [-0.4, -0.2) is 27.1 Å². The summed E-state index contributed by atoms with van der Waals surface area (Å²) in [6.07, 6.45) is 3.86. The highest BCUT2D eigenvalue weighted by molar-refractivity contribution is 5.82. The van der Waals surface area contributed by atoms with Crippen LogP contribution in [0.4, 0.5) is 0 Å². The zero-order valence-electron chi connectivity index (χ0n) is 13.2. The van der Waals surface area contributed by atoms with Gasteiger partial charge in [0.1, 0.15) is 6.04 Å². The molecule has 1 aliphatic heterocycles. The van der Waals surface area contributed by atoms with E-state index in [1.165, 1.54) is 6.26 Å². The summed E-state index contributed by atoms with van der Waals surface area (Å²) in [6.45, 7) is 0.176. The summed E-state index contributed by atoms with van der Waals surface area (Å²) in [4.78, 5) is 20.8. The molecule has 1 fully saturated rings. The van der Waals surface area contributed by atoms with Gasteiger partial charge in [0.05, 0.1) is 24.5 Å². The molecule has 4 heterocycles. The van der Waals surface area contributed by atoms with E-state index in [2.05, 4.69) is 31.3 Å². The maximum absolute atomic E-state index is 12.3. The highest BCUT2D eigenvalue weighted by atomic mass is 16.5. The molecule has 3 aromatic rings. The number of carbonyl (C=O) groups excluding carboxylic acids is 1. The molecule has 0 bridgehead atoms. The van der Waals surface area contributed by atoms with Crippen molar-refractivity contribution in [2.75, 3.05) is 0 Å². The van der Waals surface area contributed by atoms with Crippen molar-refractivity contribution >= 4 is 5.91 Å². The summed E-state index contributed by atoms with van der Waals surface area (Å²) < 4.78 is 10.3. The smallest absolute Gasteiger partial charge is 0.293 e. The van der Waals surface area contributed by atoms with E-state index in [0.29, 0.717) is 18.0 Å². The Labute approximate surface area is 142 Å². The molecule has 25 heavy (non-hydrogen) atoms. The molecule has 9 nitrogen and oxygen atoms in total. The number of rotatable bonds is 5. The SMILES string of the molecule is O=C(NCc1noc(-c2ccco2)n1)C1CC(c2ccccn2)NN1. The van der Waals surface area contributed by atoms with Gasteiger partial charge in [0.15, 0.2) is 11.6 Å². The molecule has 1 aliphatic rings. The second kappa shape index (κ2) is 6.83. The fourth-order valence-corrected chi connectivity index (χ4v) is 2.62. The van der Waals surface area contributed by atoms with E-state index in [1.807, 2.05) is 18.2 Å². The lowest BCUT2D eigenvalue weighted by Crippen LogP contribution is -2.43. The van der Waals surface area contributed by atoms with Crippen LogP contribution >= 0.6 is 0 Å². The van der Waals surface area contributed by atoms with Gasteiger partial charge in [0.2, 0.25) is 5.91 Å². The van der Waals surface area contributed by atoms with E-state index in [-0.39, 0.29) is 30.4 Å². The summed E-state index contributed by atoms with van der Waals surface area (Å²) in [7, 11) is 0. The third-order valence-electron chi connectivity index (χ3n) is 3.89. The minimum atomic E-state index is -0.358. The number of nitrogens with one attached hydrogen (secondary N) is 3. The first-order valence-corrected chi connectivity index (χ1v) is 7.86. The molecule has 0 radical (unpaired) electrons. The number of hydrazine groups is 1. The van der Waals surface area contributed by atoms with Crippen LogP contribution in [-0.2, 0) is 11.3 Å². The Morgan fingerprint density at radius 3 is 3.04 bits per heavy atom. The van der Waals surface area contributed by atoms with E-state index in [1.54, 1.807) is 18.3 Å². The number of furan rings is 1. The highest BCUT2D eigenvalue weighted by Crippen LogP contribution is 2.20. The molecule has 128 valence electrons. The van der Waals surface area contributed by atoms with Crippen LogP contribution in [0.2, 0.25) is 0 Å². The average molecular weight is 340 g/mol. The molecular weight excluding hydrogens is 324 g/mol. The first-order valence-electron chi connectivity index (χ1n) is 7.86. The zero-order valence-corrected chi connectivity index (χ0v) is 13.2. The van der Waals surface area contributed by atoms with Gasteiger partial charge in [-0.2, -0.15) is 4.98 Å². The van der Waals surface area contributed by atoms with Gasteiger partial charge in [0, 0.05) is 6.20 Å². The van der Waals surface area contributed by atoms with E-state index >= 15 is 0 Å². The van der Waals surface area contributed by atoms with Crippen LogP contribution < -0.4 is 16.2 Å². The predicted octanol–water partition coefficient (Wildman–Crippen LogP) is 0.949. The summed E-state index contributed by atoms with van der Waals surface area (Å²) >= 11 is 0. The summed E-state index contributed by atoms with van der Waals surface area (Å²) in [5, 5.41) is 6.62. The molecule has 0 saturated carbocycles. The van der Waals surface area contributed by atoms with E-state index in [9.17, 15) is 4.79 Å². The van der Waals surface area contributed by atoms with Gasteiger partial charge < -0.3 is 14.3 Å². The molecule has 3 N–H and O–H groups in total. The van der Waals surface area contributed by atoms with Crippen LogP contribution in [0.5, 0.6) is 0 Å². The molecule has 0 aliphatic carbocycles. The minimum Gasteiger partial charge on any atom is -0.459 e. The molecule has 9 heteroatoms. The summed E-state index contributed by atoms with van der Waals surface area (Å²) in [5.74, 6) is 1.01. The molecular formula is C16H16N6O3. The van der Waals surface area contributed by atoms with E-state index < -0.39 is 0 Å². The Morgan fingerprint density at radius 1 is 1.28 bits per heavy atom. The number of pyridine rings is 1. The number of hydrogen-bond acceptors (Lipinski definition) is 8. The topological polar surface area (TPSA) is 118 Å². The first kappa shape index (κ1) is 15.5. The van der Waals surface area contributed by atoms with Crippen LogP contribution in [0.1, 0.15) is 24.0 Å². The lowest BCUT2D eigenvalue weighted by Gasteiger charge is -2.09. The van der Waals surface area contributed by atoms with Crippen molar-refractivity contribution in [3.8, 4) is 11.7 Å². The van der Waals surface area contributed by atoms with Crippen molar-refractivity contribution in [3.63, 3.8) is 0 Å². The van der Waals surface area contributed by atoms with E-state index in [0.717, 1.165) is 5.69 Å². The molecule has 2 unspecified atom stereocenters. The largest absolute Gasteiger partial charge is 0.459 e. The van der Waals surface area contributed by atoms with Gasteiger partial charge >= 0.3 is 0 Å². The van der Waals surface area contributed by atoms with E-state index in [4.69, 9.17) is 8.94 Å². The monoisotopic (exact) mass is 340 g/mol. The van der Waals surface area contributed by atoms with Crippen LogP contribution in [0.15, 0.2) is 51.7 Å². The highest BCUT2D eigenvalue weighted by Gasteiger charge is 2.30. The standard InChI is InChI=1S/C16H16N6O3/c23-15(12-8-11(20-21-12)10-4-1-2-6-17-10)18-9-14-19-16(25-22-14)13-5-3-7-24-13/h1-7,11-12,20-21H,8-9H2,(H,18,23). The Balaban J connectivity index is 1.31. The Morgan fingerprint density at radius 2 is 2.24 bits per heavy atom. The lowest BCUT2D eigenvalue weighted by atomic mass is 10.1. The van der Waals surface area contributed by atoms with Crippen LogP contribution in [0, 0.1) is 0 Å². The second-order valence-corrected chi connectivity index (χ2v) is 5.60. The van der Waals surface area contributed by atoms with Crippen LogP contribution in [0.3, 0.4) is 0 Å². The van der Waals surface area contributed by atoms with Crippen molar-refractivity contribution in [3.05, 3.63) is 54.3 Å². The average Bonchev–Trinajstić information content (AvgIpc) is 3.41. The molecule has 1 amide bonds. The number of nitrogens with zero attached hydrogens (tertiary/aromatic N) is 3. The van der Waals surface area contributed by atoms with Gasteiger partial charge in [-0.1, -0.05) is 11.2 Å². The van der Waals surface area contributed by atoms with Crippen molar-refractivity contribution in [2.24, 2.45) is 0 Å². The quantitative estimate of drug-likeness (QED) is 0.628. The maximum atomic E-state index is 12.3. The maximum Gasteiger partial charge on any atom is 0.293 e. The number of carbonyl (C=O) groups is 1. The fourth-order valence-electron chi connectivity index (χ4n) is 2.62. The van der Waals surface area contributed by atoms with Crippen molar-refractivity contribution in [1.29, 1.82) is 0 Å². The lowest BCUT2D eigenvalue weighted by molar-refractivity contribution is -0.123. The van der Waals surface area contributed by atoms with Gasteiger partial charge in [-0.15, -0.1) is 0 Å². The van der Waals surface area contributed by atoms with Gasteiger partial charge in [-0.05, 0) is 30.7 Å². The van der Waals surface area contributed by atoms with Crippen LogP contribution in [0.25, 0.3) is 11.7 Å². The molecule has 3 aromatic heterocycles. The third-order valence-corrected chi connectivity index (χ3v) is 3.89. The zero-order chi connectivity index (χ0) is 17.1. The predicted molar refractivity (Wildman–Crippen MR) is 85.5 cm³/mol. The van der Waals surface area contributed by atoms with Crippen molar-refractivity contribution < 1.29 is 13.7 Å². The number of aromatic nitrogens is 3. The molecule has 2 atom stereocenters.